The number of carbonyl (C=O) groups excluding carboxylic acids is 2. The number of hydrogen-bond donors (Lipinski definition) is 4. The van der Waals surface area contributed by atoms with Gasteiger partial charge in [0.15, 0.2) is 5.60 Å². The van der Waals surface area contributed by atoms with E-state index in [1.54, 1.807) is 42.2 Å². The lowest BCUT2D eigenvalue weighted by atomic mass is 9.82. The standard InChI is InChI=1S/C31H31N3O4/c1-21(9-7-8-16-35)31(38)26-18-24(33-29(36)17-23-19-32-27-13-6-5-12-25(23)27)14-15-28(26)34(30(31)37)20-22-10-3-2-4-11-22/h2-7,9-15,18-19,21,32,35,38H,8,16-17,20H2,1H3,(H,33,36)/b9-7+/t21-,31+/m0/s1. The molecule has 0 fully saturated rings. The molecule has 2 amide bonds. The van der Waals surface area contributed by atoms with Crippen LogP contribution >= 0.6 is 0 Å². The number of nitrogens with one attached hydrogen (secondary N) is 2. The zero-order valence-electron chi connectivity index (χ0n) is 21.2. The number of amides is 2. The van der Waals surface area contributed by atoms with Crippen LogP contribution in [-0.2, 0) is 28.2 Å². The molecule has 4 aromatic rings. The van der Waals surface area contributed by atoms with Crippen LogP contribution in [0.15, 0.2) is 91.1 Å². The topological polar surface area (TPSA) is 106 Å². The molecule has 2 atom stereocenters. The second-order valence-electron chi connectivity index (χ2n) is 9.69. The number of benzene rings is 3. The van der Waals surface area contributed by atoms with E-state index in [-0.39, 0.29) is 18.9 Å². The molecule has 0 bridgehead atoms. The monoisotopic (exact) mass is 509 g/mol. The number of aromatic nitrogens is 1. The molecule has 2 heterocycles. The van der Waals surface area contributed by atoms with Crippen molar-refractivity contribution in [2.45, 2.75) is 31.9 Å². The van der Waals surface area contributed by atoms with E-state index in [4.69, 9.17) is 5.11 Å². The van der Waals surface area contributed by atoms with Crippen molar-refractivity contribution >= 4 is 34.1 Å². The van der Waals surface area contributed by atoms with Gasteiger partial charge in [-0.1, -0.05) is 67.6 Å². The van der Waals surface area contributed by atoms with E-state index in [0.717, 1.165) is 22.0 Å². The fourth-order valence-corrected chi connectivity index (χ4v) is 5.12. The van der Waals surface area contributed by atoms with E-state index in [2.05, 4.69) is 10.3 Å². The third-order valence-corrected chi connectivity index (χ3v) is 7.14. The largest absolute Gasteiger partial charge is 0.396 e. The second kappa shape index (κ2) is 10.7. The molecule has 4 N–H and O–H groups in total. The van der Waals surface area contributed by atoms with Gasteiger partial charge in [0.1, 0.15) is 0 Å². The molecular weight excluding hydrogens is 478 g/mol. The zero-order valence-corrected chi connectivity index (χ0v) is 21.2. The number of hydrogen-bond acceptors (Lipinski definition) is 4. The Labute approximate surface area is 221 Å². The van der Waals surface area contributed by atoms with Crippen molar-refractivity contribution in [3.8, 4) is 0 Å². The van der Waals surface area contributed by atoms with Gasteiger partial charge in [-0.3, -0.25) is 9.59 Å². The van der Waals surface area contributed by atoms with E-state index in [1.165, 1.54) is 0 Å². The molecule has 1 aromatic heterocycles. The van der Waals surface area contributed by atoms with Gasteiger partial charge in [-0.05, 0) is 41.8 Å². The Kier molecular flexibility index (Phi) is 7.13. The van der Waals surface area contributed by atoms with Gasteiger partial charge in [-0.25, -0.2) is 0 Å². The van der Waals surface area contributed by atoms with Gasteiger partial charge in [0.2, 0.25) is 5.91 Å². The summed E-state index contributed by atoms with van der Waals surface area (Å²) >= 11 is 0. The average Bonchev–Trinajstić information content (AvgIpc) is 3.42. The summed E-state index contributed by atoms with van der Waals surface area (Å²) in [6.07, 6.45) is 5.98. The Hall–Kier alpha value is -4.20. The summed E-state index contributed by atoms with van der Waals surface area (Å²) in [6, 6.07) is 22.7. The van der Waals surface area contributed by atoms with Crippen molar-refractivity contribution < 1.29 is 19.8 Å². The Bertz CT molecular complexity index is 1490. The van der Waals surface area contributed by atoms with Crippen LogP contribution in [0.4, 0.5) is 11.4 Å². The first-order valence-corrected chi connectivity index (χ1v) is 12.8. The highest BCUT2D eigenvalue weighted by atomic mass is 16.3. The van der Waals surface area contributed by atoms with Crippen LogP contribution in [0.3, 0.4) is 0 Å². The Morgan fingerprint density at radius 1 is 1.11 bits per heavy atom. The number of aromatic amines is 1. The highest BCUT2D eigenvalue weighted by Gasteiger charge is 2.52. The van der Waals surface area contributed by atoms with Crippen LogP contribution in [0.2, 0.25) is 0 Å². The number of rotatable bonds is 9. The van der Waals surface area contributed by atoms with Crippen molar-refractivity contribution in [1.82, 2.24) is 4.98 Å². The first-order valence-electron chi connectivity index (χ1n) is 12.8. The van der Waals surface area contributed by atoms with Crippen LogP contribution in [0.5, 0.6) is 0 Å². The molecular formula is C31H31N3O4. The molecule has 3 aromatic carbocycles. The van der Waals surface area contributed by atoms with Crippen molar-refractivity contribution in [2.75, 3.05) is 16.8 Å². The Morgan fingerprint density at radius 2 is 1.87 bits per heavy atom. The molecule has 0 aliphatic carbocycles. The van der Waals surface area contributed by atoms with Crippen LogP contribution in [0.25, 0.3) is 10.9 Å². The lowest BCUT2D eigenvalue weighted by Crippen LogP contribution is -2.44. The Balaban J connectivity index is 1.45. The lowest BCUT2D eigenvalue weighted by Gasteiger charge is -2.28. The first kappa shape index (κ1) is 25.4. The van der Waals surface area contributed by atoms with Crippen LogP contribution in [0, 0.1) is 5.92 Å². The second-order valence-corrected chi connectivity index (χ2v) is 9.69. The molecule has 0 saturated carbocycles. The molecule has 0 saturated heterocycles. The maximum absolute atomic E-state index is 13.7. The summed E-state index contributed by atoms with van der Waals surface area (Å²) in [6.45, 7) is 2.08. The van der Waals surface area contributed by atoms with E-state index in [9.17, 15) is 14.7 Å². The van der Waals surface area contributed by atoms with Crippen molar-refractivity contribution in [3.63, 3.8) is 0 Å². The molecule has 1 aliphatic rings. The summed E-state index contributed by atoms with van der Waals surface area (Å²) < 4.78 is 0. The first-order chi connectivity index (χ1) is 18.4. The van der Waals surface area contributed by atoms with Gasteiger partial charge < -0.3 is 25.4 Å². The minimum Gasteiger partial charge on any atom is -0.396 e. The van der Waals surface area contributed by atoms with Gasteiger partial charge in [-0.15, -0.1) is 0 Å². The summed E-state index contributed by atoms with van der Waals surface area (Å²) in [4.78, 5) is 31.5. The van der Waals surface area contributed by atoms with E-state index >= 15 is 0 Å². The van der Waals surface area contributed by atoms with Gasteiger partial charge in [-0.2, -0.15) is 0 Å². The maximum Gasteiger partial charge on any atom is 0.264 e. The van der Waals surface area contributed by atoms with E-state index < -0.39 is 17.4 Å². The molecule has 5 rings (SSSR count). The normalized spacial score (nSPS) is 17.8. The molecule has 0 spiro atoms. The fraction of sp³-hybridized carbons (Fsp3) is 0.226. The zero-order chi connectivity index (χ0) is 26.7. The smallest absolute Gasteiger partial charge is 0.264 e. The van der Waals surface area contributed by atoms with Gasteiger partial charge in [0, 0.05) is 40.9 Å². The number of anilines is 2. The number of aliphatic hydroxyl groups is 2. The third kappa shape index (κ3) is 4.74. The highest BCUT2D eigenvalue weighted by molar-refractivity contribution is 6.08. The fourth-order valence-electron chi connectivity index (χ4n) is 5.12. The van der Waals surface area contributed by atoms with Gasteiger partial charge >= 0.3 is 0 Å². The number of H-pyrrole nitrogens is 1. The molecule has 0 radical (unpaired) electrons. The van der Waals surface area contributed by atoms with Crippen LogP contribution in [0.1, 0.15) is 30.0 Å². The molecule has 38 heavy (non-hydrogen) atoms. The Morgan fingerprint density at radius 3 is 2.66 bits per heavy atom. The SMILES string of the molecule is C[C@@H](/C=C/CCO)[C@]1(O)C(=O)N(Cc2ccccc2)c2ccc(NC(=O)Cc3c[nH]c4ccccc34)cc21. The number of fused-ring (bicyclic) bond motifs is 2. The average molecular weight is 510 g/mol. The predicted molar refractivity (Wildman–Crippen MR) is 149 cm³/mol. The highest BCUT2D eigenvalue weighted by Crippen LogP contribution is 2.46. The quantitative estimate of drug-likeness (QED) is 0.246. The van der Waals surface area contributed by atoms with Crippen LogP contribution < -0.4 is 10.2 Å². The van der Waals surface area contributed by atoms with E-state index in [0.29, 0.717) is 29.9 Å². The van der Waals surface area contributed by atoms with Crippen molar-refractivity contribution in [3.05, 3.63) is 108 Å². The minimum absolute atomic E-state index is 0.0150. The third-order valence-electron chi connectivity index (χ3n) is 7.14. The summed E-state index contributed by atoms with van der Waals surface area (Å²) in [5.41, 5.74) is 2.56. The summed E-state index contributed by atoms with van der Waals surface area (Å²) in [5, 5.41) is 25.0. The number of nitrogens with zero attached hydrogens (tertiary/aromatic N) is 1. The van der Waals surface area contributed by atoms with Crippen molar-refractivity contribution in [2.24, 2.45) is 5.92 Å². The lowest BCUT2D eigenvalue weighted by molar-refractivity contribution is -0.139. The summed E-state index contributed by atoms with van der Waals surface area (Å²) in [5.74, 6) is -1.17. The molecule has 7 nitrogen and oxygen atoms in total. The molecule has 1 aliphatic heterocycles. The van der Waals surface area contributed by atoms with Gasteiger partial charge in [0.25, 0.3) is 5.91 Å². The van der Waals surface area contributed by atoms with Crippen molar-refractivity contribution in [1.29, 1.82) is 0 Å². The van der Waals surface area contributed by atoms with E-state index in [1.807, 2.05) is 60.8 Å². The molecule has 0 unspecified atom stereocenters. The minimum atomic E-state index is -1.81. The predicted octanol–water partition coefficient (Wildman–Crippen LogP) is 4.66. The number of aliphatic hydroxyl groups excluding tert-OH is 1. The molecule has 194 valence electrons. The molecule has 7 heteroatoms. The van der Waals surface area contributed by atoms with Gasteiger partial charge in [0.05, 0.1) is 18.7 Å². The number of para-hydroxylation sites is 1. The number of carbonyl (C=O) groups is 2. The maximum atomic E-state index is 13.7. The summed E-state index contributed by atoms with van der Waals surface area (Å²) in [7, 11) is 0. The van der Waals surface area contributed by atoms with Crippen LogP contribution in [-0.4, -0.2) is 33.6 Å².